The summed E-state index contributed by atoms with van der Waals surface area (Å²) < 4.78 is 4.73. The maximum atomic E-state index is 11.0. The zero-order chi connectivity index (χ0) is 10.1. The van der Waals surface area contributed by atoms with Crippen molar-refractivity contribution < 1.29 is 9.53 Å². The average molecular weight is 180 g/mol. The molecule has 0 aliphatic carbocycles. The average Bonchev–Trinajstić information content (AvgIpc) is 2.05. The fourth-order valence-corrected chi connectivity index (χ4v) is 0.782. The molecule has 1 unspecified atom stereocenters. The Balaban J connectivity index is 3.52. The van der Waals surface area contributed by atoms with Crippen LogP contribution in [0.25, 0.3) is 0 Å². The van der Waals surface area contributed by atoms with Crippen LogP contribution >= 0.6 is 0 Å². The summed E-state index contributed by atoms with van der Waals surface area (Å²) in [7, 11) is 0. The molecule has 0 amide bonds. The van der Waals surface area contributed by atoms with E-state index in [1.54, 1.807) is 0 Å². The Bertz CT molecular complexity index is 237. The maximum absolute atomic E-state index is 11.0. The molecule has 0 rings (SSSR count). The fourth-order valence-electron chi connectivity index (χ4n) is 0.782. The zero-order valence-electron chi connectivity index (χ0n) is 7.62. The van der Waals surface area contributed by atoms with E-state index in [2.05, 4.69) is 0 Å². The molecule has 0 fully saturated rings. The second-order valence-corrected chi connectivity index (χ2v) is 2.80. The molecule has 0 heterocycles. The highest BCUT2D eigenvalue weighted by Crippen LogP contribution is 2.07. The first-order valence-corrected chi connectivity index (χ1v) is 4.10. The first-order valence-electron chi connectivity index (χ1n) is 4.10. The van der Waals surface area contributed by atoms with Gasteiger partial charge in [0.1, 0.15) is 6.61 Å². The quantitative estimate of drug-likeness (QED) is 0.473. The lowest BCUT2D eigenvalue weighted by molar-refractivity contribution is -0.144. The molecule has 70 valence electrons. The van der Waals surface area contributed by atoms with E-state index in [4.69, 9.17) is 15.3 Å². The number of rotatable bonds is 5. The summed E-state index contributed by atoms with van der Waals surface area (Å²) in [5.74, 6) is -0.308. The molecule has 4 heteroatoms. The minimum atomic E-state index is -0.335. The molecular weight excluding hydrogens is 168 g/mol. The fraction of sp³-hybridized carbons (Fsp3) is 0.667. The van der Waals surface area contributed by atoms with E-state index in [-0.39, 0.29) is 31.3 Å². The van der Waals surface area contributed by atoms with Crippen molar-refractivity contribution in [3.63, 3.8) is 0 Å². The van der Waals surface area contributed by atoms with Crippen LogP contribution in [0.2, 0.25) is 0 Å². The predicted octanol–water partition coefficient (Wildman–Crippen LogP) is 1.38. The van der Waals surface area contributed by atoms with Gasteiger partial charge in [0.05, 0.1) is 18.6 Å². The van der Waals surface area contributed by atoms with Crippen molar-refractivity contribution >= 4 is 5.97 Å². The molecule has 0 bridgehead atoms. The first-order chi connectivity index (χ1) is 6.20. The number of nitriles is 2. The zero-order valence-corrected chi connectivity index (χ0v) is 7.62. The maximum Gasteiger partial charge on any atom is 0.306 e. The van der Waals surface area contributed by atoms with E-state index in [1.165, 1.54) is 0 Å². The molecule has 0 saturated carbocycles. The smallest absolute Gasteiger partial charge is 0.306 e. The highest BCUT2D eigenvalue weighted by atomic mass is 16.5. The Hall–Kier alpha value is -1.55. The molecule has 0 N–H and O–H groups in total. The van der Waals surface area contributed by atoms with Crippen LogP contribution in [0.4, 0.5) is 0 Å². The first kappa shape index (κ1) is 11.4. The number of ether oxygens (including phenoxy) is 1. The van der Waals surface area contributed by atoms with Gasteiger partial charge < -0.3 is 4.74 Å². The Kier molecular flexibility index (Phi) is 6.27. The number of carbonyl (C=O) groups excluding carboxylic acids is 1. The summed E-state index contributed by atoms with van der Waals surface area (Å²) in [4.78, 5) is 11.0. The minimum Gasteiger partial charge on any atom is -0.465 e. The van der Waals surface area contributed by atoms with Gasteiger partial charge in [-0.05, 0) is 5.92 Å². The van der Waals surface area contributed by atoms with E-state index >= 15 is 0 Å². The standard InChI is InChI=1S/C9H12N2O2/c1-8(3-5-11)7-9(12)13-6-2-4-10/h8H,2-3,6-7H2,1H3. The molecule has 0 aromatic rings. The van der Waals surface area contributed by atoms with E-state index in [0.717, 1.165) is 0 Å². The minimum absolute atomic E-state index is 0.0274. The van der Waals surface area contributed by atoms with Gasteiger partial charge in [-0.1, -0.05) is 6.92 Å². The van der Waals surface area contributed by atoms with Crippen molar-refractivity contribution in [3.8, 4) is 12.1 Å². The van der Waals surface area contributed by atoms with Crippen molar-refractivity contribution in [2.45, 2.75) is 26.2 Å². The summed E-state index contributed by atoms with van der Waals surface area (Å²) in [6, 6.07) is 3.85. The van der Waals surface area contributed by atoms with Crippen LogP contribution in [0.5, 0.6) is 0 Å². The van der Waals surface area contributed by atoms with Crippen LogP contribution in [0.15, 0.2) is 0 Å². The third-order valence-electron chi connectivity index (χ3n) is 1.43. The number of esters is 1. The van der Waals surface area contributed by atoms with Gasteiger partial charge in [0, 0.05) is 12.8 Å². The molecule has 0 saturated heterocycles. The van der Waals surface area contributed by atoms with Crippen molar-refractivity contribution in [2.75, 3.05) is 6.61 Å². The normalized spacial score (nSPS) is 11.0. The lowest BCUT2D eigenvalue weighted by Crippen LogP contribution is -2.09. The molecule has 13 heavy (non-hydrogen) atoms. The lowest BCUT2D eigenvalue weighted by Gasteiger charge is -2.05. The molecule has 1 atom stereocenters. The monoisotopic (exact) mass is 180 g/mol. The van der Waals surface area contributed by atoms with Gasteiger partial charge in [0.15, 0.2) is 0 Å². The van der Waals surface area contributed by atoms with Gasteiger partial charge in [0.25, 0.3) is 0 Å². The Morgan fingerprint density at radius 1 is 1.46 bits per heavy atom. The topological polar surface area (TPSA) is 73.9 Å². The predicted molar refractivity (Wildman–Crippen MR) is 45.2 cm³/mol. The number of hydrogen-bond donors (Lipinski definition) is 0. The highest BCUT2D eigenvalue weighted by molar-refractivity contribution is 5.69. The van der Waals surface area contributed by atoms with Crippen LogP contribution in [-0.4, -0.2) is 12.6 Å². The van der Waals surface area contributed by atoms with E-state index in [9.17, 15) is 4.79 Å². The van der Waals surface area contributed by atoms with E-state index in [0.29, 0.717) is 6.42 Å². The molecule has 0 aromatic heterocycles. The van der Waals surface area contributed by atoms with Gasteiger partial charge in [0.2, 0.25) is 0 Å². The van der Waals surface area contributed by atoms with Gasteiger partial charge in [-0.15, -0.1) is 0 Å². The summed E-state index contributed by atoms with van der Waals surface area (Å²) in [6.07, 6.45) is 0.824. The number of carbonyl (C=O) groups is 1. The van der Waals surface area contributed by atoms with E-state index in [1.807, 2.05) is 19.1 Å². The van der Waals surface area contributed by atoms with Crippen molar-refractivity contribution in [1.29, 1.82) is 10.5 Å². The second-order valence-electron chi connectivity index (χ2n) is 2.80. The number of hydrogen-bond acceptors (Lipinski definition) is 4. The van der Waals surface area contributed by atoms with Crippen LogP contribution in [-0.2, 0) is 9.53 Å². The lowest BCUT2D eigenvalue weighted by atomic mass is 10.1. The molecule has 4 nitrogen and oxygen atoms in total. The molecule has 0 aromatic carbocycles. The molecule has 0 aliphatic heterocycles. The largest absolute Gasteiger partial charge is 0.465 e. The molecular formula is C9H12N2O2. The Morgan fingerprint density at radius 2 is 2.15 bits per heavy atom. The summed E-state index contributed by atoms with van der Waals surface area (Å²) in [5.41, 5.74) is 0. The van der Waals surface area contributed by atoms with Gasteiger partial charge in [-0.2, -0.15) is 10.5 Å². The van der Waals surface area contributed by atoms with Gasteiger partial charge in [-0.25, -0.2) is 0 Å². The Morgan fingerprint density at radius 3 is 2.69 bits per heavy atom. The Labute approximate surface area is 77.7 Å². The van der Waals surface area contributed by atoms with Gasteiger partial charge >= 0.3 is 5.97 Å². The van der Waals surface area contributed by atoms with E-state index < -0.39 is 0 Å². The van der Waals surface area contributed by atoms with Crippen LogP contribution in [0.1, 0.15) is 26.2 Å². The molecule has 0 radical (unpaired) electrons. The van der Waals surface area contributed by atoms with Gasteiger partial charge in [-0.3, -0.25) is 4.79 Å². The van der Waals surface area contributed by atoms with Crippen LogP contribution in [0, 0.1) is 28.6 Å². The molecule has 0 aliphatic rings. The SMILES string of the molecule is CC(CC#N)CC(=O)OCCC#N. The summed E-state index contributed by atoms with van der Waals surface area (Å²) >= 11 is 0. The van der Waals surface area contributed by atoms with Crippen molar-refractivity contribution in [2.24, 2.45) is 5.92 Å². The van der Waals surface area contributed by atoms with Crippen LogP contribution in [0.3, 0.4) is 0 Å². The summed E-state index contributed by atoms with van der Waals surface area (Å²) in [5, 5.41) is 16.5. The van der Waals surface area contributed by atoms with Crippen molar-refractivity contribution in [3.05, 3.63) is 0 Å². The molecule has 0 spiro atoms. The second kappa shape index (κ2) is 7.12. The summed E-state index contributed by atoms with van der Waals surface area (Å²) in [6.45, 7) is 1.96. The van der Waals surface area contributed by atoms with Crippen LogP contribution < -0.4 is 0 Å². The van der Waals surface area contributed by atoms with Crippen molar-refractivity contribution in [1.82, 2.24) is 0 Å². The highest BCUT2D eigenvalue weighted by Gasteiger charge is 2.09. The third kappa shape index (κ3) is 6.83. The third-order valence-corrected chi connectivity index (χ3v) is 1.43. The number of nitrogens with zero attached hydrogens (tertiary/aromatic N) is 2.